The third-order valence-electron chi connectivity index (χ3n) is 1.27. The molecular weight excluding hydrogens is 221 g/mol. The van der Waals surface area contributed by atoms with Gasteiger partial charge in [-0.05, 0) is 6.07 Å². The third kappa shape index (κ3) is 3.08. The van der Waals surface area contributed by atoms with Crippen LogP contribution in [0.2, 0.25) is 0 Å². The molecule has 0 spiro atoms. The molecule has 0 saturated carbocycles. The van der Waals surface area contributed by atoms with Gasteiger partial charge in [0.15, 0.2) is 0 Å². The van der Waals surface area contributed by atoms with E-state index in [9.17, 15) is 9.90 Å². The summed E-state index contributed by atoms with van der Waals surface area (Å²) in [7, 11) is 0. The Balaban J connectivity index is 0.00000144. The monoisotopic (exact) mass is 225 g/mol. The number of nitrogen functional groups attached to an aromatic ring is 1. The summed E-state index contributed by atoms with van der Waals surface area (Å²) in [5.41, 5.74) is 5.35. The first-order valence-corrected chi connectivity index (χ1v) is 3.37. The van der Waals surface area contributed by atoms with Crippen molar-refractivity contribution < 1.29 is 61.3 Å². The van der Waals surface area contributed by atoms with Gasteiger partial charge < -0.3 is 15.6 Å². The molecule has 1 aromatic rings. The molecule has 0 atom stereocenters. The molecule has 7 heteroatoms. The van der Waals surface area contributed by atoms with Gasteiger partial charge in [-0.25, -0.2) is 0 Å². The van der Waals surface area contributed by atoms with Gasteiger partial charge in [-0.3, -0.25) is 9.82 Å². The van der Waals surface area contributed by atoms with E-state index in [0.29, 0.717) is 0 Å². The number of aromatic carboxylic acids is 1. The predicted octanol–water partition coefficient (Wildman–Crippen LogP) is -3.40. The first kappa shape index (κ1) is 13.1. The largest absolute Gasteiger partial charge is 1.00 e. The molecule has 0 aromatic carbocycles. The number of nitrogens with zero attached hydrogens (tertiary/aromatic N) is 1. The second kappa shape index (κ2) is 5.79. The van der Waals surface area contributed by atoms with Crippen molar-refractivity contribution >= 4 is 29.1 Å². The number of carbonyl (C=O) groups is 1. The number of rotatable bonds is 2. The topological polar surface area (TPSA) is 91.1 Å². The molecule has 0 radical (unpaired) electrons. The number of hydrogen-bond acceptors (Lipinski definition) is 5. The summed E-state index contributed by atoms with van der Waals surface area (Å²) in [6.45, 7) is 0. The summed E-state index contributed by atoms with van der Waals surface area (Å²) < 4.78 is 0. The van der Waals surface area contributed by atoms with E-state index in [4.69, 9.17) is 17.5 Å². The van der Waals surface area contributed by atoms with Crippen LogP contribution >= 0.6 is 11.8 Å². The van der Waals surface area contributed by atoms with Gasteiger partial charge in [-0.2, -0.15) is 0 Å². The van der Waals surface area contributed by atoms with E-state index in [1.165, 1.54) is 12.3 Å². The van der Waals surface area contributed by atoms with E-state index in [2.05, 4.69) is 9.82 Å². The minimum atomic E-state index is -1.43. The first-order chi connectivity index (χ1) is 5.66. The van der Waals surface area contributed by atoms with Crippen molar-refractivity contribution in [1.29, 1.82) is 0 Å². The molecule has 0 saturated heterocycles. The SMILES string of the molecule is Nc1ccnc(C(=O)[O-])c1NCl.[K+]. The number of halogens is 1. The molecule has 0 fully saturated rings. The summed E-state index contributed by atoms with van der Waals surface area (Å²) >= 11 is 5.22. The number of aromatic nitrogens is 1. The van der Waals surface area contributed by atoms with Gasteiger partial charge in [0.25, 0.3) is 0 Å². The standard InChI is InChI=1S/C6H6ClN3O2.K/c7-10-4-3(8)1-2-9-5(4)6(11)12;/h1-2,10H,(H2,8,9)(H,11,12);/q;+1/p-1. The van der Waals surface area contributed by atoms with Gasteiger partial charge in [0.05, 0.1) is 17.3 Å². The maximum Gasteiger partial charge on any atom is 1.00 e. The Bertz CT molecular complexity index is 321. The average molecular weight is 226 g/mol. The van der Waals surface area contributed by atoms with Gasteiger partial charge in [0.2, 0.25) is 0 Å². The van der Waals surface area contributed by atoms with Gasteiger partial charge in [-0.1, -0.05) is 0 Å². The minimum Gasteiger partial charge on any atom is -0.543 e. The Morgan fingerprint density at radius 1 is 1.69 bits per heavy atom. The van der Waals surface area contributed by atoms with Crippen molar-refractivity contribution in [3.63, 3.8) is 0 Å². The number of nitrogens with one attached hydrogen (secondary N) is 1. The number of carboxylic acid groups (broad SMARTS) is 1. The smallest absolute Gasteiger partial charge is 0.543 e. The van der Waals surface area contributed by atoms with E-state index in [1.54, 1.807) is 0 Å². The van der Waals surface area contributed by atoms with E-state index >= 15 is 0 Å². The molecule has 1 heterocycles. The van der Waals surface area contributed by atoms with E-state index in [1.807, 2.05) is 0 Å². The maximum absolute atomic E-state index is 10.4. The van der Waals surface area contributed by atoms with Crippen molar-refractivity contribution in [3.8, 4) is 0 Å². The van der Waals surface area contributed by atoms with Crippen LogP contribution in [0, 0.1) is 0 Å². The quantitative estimate of drug-likeness (QED) is 0.405. The number of carboxylic acids is 1. The zero-order valence-electron chi connectivity index (χ0n) is 6.87. The van der Waals surface area contributed by atoms with E-state index in [-0.39, 0.29) is 68.5 Å². The molecule has 3 N–H and O–H groups in total. The summed E-state index contributed by atoms with van der Waals surface area (Å²) in [6, 6.07) is 1.43. The fraction of sp³-hybridized carbons (Fsp3) is 0. The van der Waals surface area contributed by atoms with Crippen LogP contribution in [0.25, 0.3) is 0 Å². The van der Waals surface area contributed by atoms with Crippen LogP contribution in [-0.4, -0.2) is 11.0 Å². The Morgan fingerprint density at radius 2 is 2.31 bits per heavy atom. The number of hydrogen-bond donors (Lipinski definition) is 2. The van der Waals surface area contributed by atoms with Gasteiger partial charge in [0.1, 0.15) is 5.69 Å². The van der Waals surface area contributed by atoms with Crippen LogP contribution in [0.1, 0.15) is 10.5 Å². The molecule has 1 aromatic heterocycles. The Morgan fingerprint density at radius 3 is 2.69 bits per heavy atom. The molecule has 0 unspecified atom stereocenters. The van der Waals surface area contributed by atoms with Crippen molar-refractivity contribution in [2.75, 3.05) is 10.6 Å². The molecule has 0 amide bonds. The van der Waals surface area contributed by atoms with Crippen molar-refractivity contribution in [2.45, 2.75) is 0 Å². The molecule has 1 rings (SSSR count). The van der Waals surface area contributed by atoms with Crippen LogP contribution in [0.4, 0.5) is 11.4 Å². The molecular formula is C6H5ClKN3O2. The van der Waals surface area contributed by atoms with Crippen LogP contribution in [0.3, 0.4) is 0 Å². The summed E-state index contributed by atoms with van der Waals surface area (Å²) in [6.07, 6.45) is 1.26. The fourth-order valence-corrected chi connectivity index (χ4v) is 0.929. The number of nitrogens with two attached hydrogens (primary N) is 1. The van der Waals surface area contributed by atoms with Gasteiger partial charge >= 0.3 is 51.4 Å². The Labute approximate surface area is 122 Å². The fourth-order valence-electron chi connectivity index (χ4n) is 0.731. The van der Waals surface area contributed by atoms with Crippen molar-refractivity contribution in [2.24, 2.45) is 0 Å². The number of anilines is 2. The van der Waals surface area contributed by atoms with Crippen molar-refractivity contribution in [3.05, 3.63) is 18.0 Å². The van der Waals surface area contributed by atoms with E-state index < -0.39 is 5.97 Å². The van der Waals surface area contributed by atoms with Gasteiger partial charge in [-0.15, -0.1) is 0 Å². The van der Waals surface area contributed by atoms with E-state index in [0.717, 1.165) is 0 Å². The zero-order chi connectivity index (χ0) is 9.14. The van der Waals surface area contributed by atoms with Crippen LogP contribution in [0.5, 0.6) is 0 Å². The van der Waals surface area contributed by atoms with Crippen LogP contribution in [-0.2, 0) is 0 Å². The second-order valence-corrected chi connectivity index (χ2v) is 2.19. The number of pyridine rings is 1. The molecule has 0 aliphatic carbocycles. The Hall–Kier alpha value is 0.146. The zero-order valence-corrected chi connectivity index (χ0v) is 10.8. The summed E-state index contributed by atoms with van der Waals surface area (Å²) in [5, 5.41) is 10.4. The Kier molecular flexibility index (Phi) is 5.85. The molecule has 0 bridgehead atoms. The molecule has 64 valence electrons. The predicted molar refractivity (Wildman–Crippen MR) is 42.5 cm³/mol. The summed E-state index contributed by atoms with van der Waals surface area (Å²) in [5.74, 6) is -1.43. The normalized spacial score (nSPS) is 8.69. The molecule has 0 aliphatic heterocycles. The van der Waals surface area contributed by atoms with Crippen LogP contribution < -0.4 is 67.1 Å². The van der Waals surface area contributed by atoms with Crippen molar-refractivity contribution in [1.82, 2.24) is 4.98 Å². The first-order valence-electron chi connectivity index (χ1n) is 2.99. The molecule has 13 heavy (non-hydrogen) atoms. The summed E-state index contributed by atoms with van der Waals surface area (Å²) in [4.78, 5) is 16.0. The third-order valence-corrected chi connectivity index (χ3v) is 1.46. The maximum atomic E-state index is 10.4. The number of carbonyl (C=O) groups excluding carboxylic acids is 1. The average Bonchev–Trinajstić information content (AvgIpc) is 2.03. The molecule has 0 aliphatic rings. The molecule has 5 nitrogen and oxygen atoms in total. The second-order valence-electron chi connectivity index (χ2n) is 2.01. The minimum absolute atomic E-state index is 0. The van der Waals surface area contributed by atoms with Crippen LogP contribution in [0.15, 0.2) is 12.3 Å². The van der Waals surface area contributed by atoms with Gasteiger partial charge in [0, 0.05) is 18.0 Å².